The summed E-state index contributed by atoms with van der Waals surface area (Å²) < 4.78 is 0.901. The number of nitrogens with one attached hydrogen (secondary N) is 1. The van der Waals surface area contributed by atoms with E-state index in [0.717, 1.165) is 27.0 Å². The van der Waals surface area contributed by atoms with Gasteiger partial charge in [-0.2, -0.15) is 0 Å². The Balaban J connectivity index is 2.22. The maximum absolute atomic E-state index is 12.3. The molecule has 0 bridgehead atoms. The summed E-state index contributed by atoms with van der Waals surface area (Å²) in [6.07, 6.45) is 0. The summed E-state index contributed by atoms with van der Waals surface area (Å²) in [5.41, 5.74) is 4.74. The van der Waals surface area contributed by atoms with Crippen molar-refractivity contribution in [2.45, 2.75) is 13.8 Å². The number of nitrogens with zero attached hydrogens (tertiary/aromatic N) is 1. The van der Waals surface area contributed by atoms with Gasteiger partial charge >= 0.3 is 0 Å². The third-order valence-electron chi connectivity index (χ3n) is 3.32. The molecule has 110 valence electrons. The molecule has 0 atom stereocenters. The van der Waals surface area contributed by atoms with Crippen molar-refractivity contribution in [3.63, 3.8) is 0 Å². The van der Waals surface area contributed by atoms with Crippen LogP contribution in [0.25, 0.3) is 0 Å². The molecule has 1 N–H and O–H groups in total. The van der Waals surface area contributed by atoms with Gasteiger partial charge < -0.3 is 10.2 Å². The number of hydrogen-bond acceptors (Lipinski definition) is 2. The van der Waals surface area contributed by atoms with Crippen LogP contribution >= 0.6 is 15.9 Å². The molecule has 0 heterocycles. The van der Waals surface area contributed by atoms with Crippen LogP contribution in [-0.4, -0.2) is 20.0 Å². The zero-order chi connectivity index (χ0) is 15.6. The molecular weight excluding hydrogens is 328 g/mol. The molecule has 0 aliphatic heterocycles. The SMILES string of the molecule is Cc1cc(C)c(NC(=O)c2ccc(N(C)C)cc2)c(Br)c1. The number of halogens is 1. The van der Waals surface area contributed by atoms with Gasteiger partial charge in [0.05, 0.1) is 5.69 Å². The van der Waals surface area contributed by atoms with Crippen molar-refractivity contribution in [1.29, 1.82) is 0 Å². The molecule has 0 saturated heterocycles. The number of amides is 1. The summed E-state index contributed by atoms with van der Waals surface area (Å²) in [4.78, 5) is 14.3. The Kier molecular flexibility index (Phi) is 4.68. The molecule has 0 aliphatic rings. The Labute approximate surface area is 134 Å². The number of aryl methyl sites for hydroxylation is 2. The molecule has 0 saturated carbocycles. The lowest BCUT2D eigenvalue weighted by Gasteiger charge is -2.14. The molecule has 4 heteroatoms. The number of hydrogen-bond donors (Lipinski definition) is 1. The third kappa shape index (κ3) is 3.64. The van der Waals surface area contributed by atoms with Crippen LogP contribution in [-0.2, 0) is 0 Å². The number of carbonyl (C=O) groups excluding carboxylic acids is 1. The zero-order valence-corrected chi connectivity index (χ0v) is 14.3. The van der Waals surface area contributed by atoms with Crippen LogP contribution in [0.2, 0.25) is 0 Å². The molecule has 2 rings (SSSR count). The molecule has 0 aromatic heterocycles. The van der Waals surface area contributed by atoms with Crippen LogP contribution in [0, 0.1) is 13.8 Å². The highest BCUT2D eigenvalue weighted by Crippen LogP contribution is 2.28. The Hall–Kier alpha value is -1.81. The van der Waals surface area contributed by atoms with Crippen LogP contribution in [0.15, 0.2) is 40.9 Å². The van der Waals surface area contributed by atoms with E-state index in [-0.39, 0.29) is 5.91 Å². The van der Waals surface area contributed by atoms with Gasteiger partial charge in [-0.1, -0.05) is 6.07 Å². The van der Waals surface area contributed by atoms with E-state index >= 15 is 0 Å². The average Bonchev–Trinajstić information content (AvgIpc) is 2.42. The number of rotatable bonds is 3. The van der Waals surface area contributed by atoms with Crippen molar-refractivity contribution in [3.8, 4) is 0 Å². The number of carbonyl (C=O) groups is 1. The summed E-state index contributed by atoms with van der Waals surface area (Å²) in [5.74, 6) is -0.104. The molecule has 2 aromatic carbocycles. The fourth-order valence-corrected chi connectivity index (χ4v) is 2.94. The minimum absolute atomic E-state index is 0.104. The minimum atomic E-state index is -0.104. The van der Waals surface area contributed by atoms with Crippen molar-refractivity contribution < 1.29 is 4.79 Å². The van der Waals surface area contributed by atoms with Gasteiger partial charge in [0.1, 0.15) is 0 Å². The predicted molar refractivity (Wildman–Crippen MR) is 92.3 cm³/mol. The third-order valence-corrected chi connectivity index (χ3v) is 3.94. The Morgan fingerprint density at radius 1 is 1.10 bits per heavy atom. The average molecular weight is 347 g/mol. The molecular formula is C17H19BrN2O. The largest absolute Gasteiger partial charge is 0.378 e. The summed E-state index contributed by atoms with van der Waals surface area (Å²) in [6, 6.07) is 11.6. The lowest BCUT2D eigenvalue weighted by atomic mass is 10.1. The summed E-state index contributed by atoms with van der Waals surface area (Å²) >= 11 is 3.51. The highest BCUT2D eigenvalue weighted by molar-refractivity contribution is 9.10. The van der Waals surface area contributed by atoms with Crippen molar-refractivity contribution in [3.05, 3.63) is 57.6 Å². The Morgan fingerprint density at radius 2 is 1.71 bits per heavy atom. The molecule has 21 heavy (non-hydrogen) atoms. The van der Waals surface area contributed by atoms with Gasteiger partial charge in [0.25, 0.3) is 5.91 Å². The van der Waals surface area contributed by atoms with Gasteiger partial charge in [-0.3, -0.25) is 4.79 Å². The van der Waals surface area contributed by atoms with Crippen molar-refractivity contribution >= 4 is 33.2 Å². The van der Waals surface area contributed by atoms with Gasteiger partial charge in [0, 0.05) is 29.8 Å². The maximum Gasteiger partial charge on any atom is 0.255 e. The van der Waals surface area contributed by atoms with Crippen LogP contribution in [0.1, 0.15) is 21.5 Å². The van der Waals surface area contributed by atoms with E-state index in [4.69, 9.17) is 0 Å². The highest BCUT2D eigenvalue weighted by atomic mass is 79.9. The first-order valence-electron chi connectivity index (χ1n) is 6.74. The normalized spacial score (nSPS) is 10.3. The smallest absolute Gasteiger partial charge is 0.255 e. The van der Waals surface area contributed by atoms with Gasteiger partial charge in [0.15, 0.2) is 0 Å². The maximum atomic E-state index is 12.3. The standard InChI is InChI=1S/C17H19BrN2O/c1-11-9-12(2)16(15(18)10-11)19-17(21)13-5-7-14(8-6-13)20(3)4/h5-10H,1-4H3,(H,19,21). The molecule has 1 amide bonds. The number of anilines is 2. The molecule has 0 spiro atoms. The second-order valence-corrected chi connectivity index (χ2v) is 6.19. The fraction of sp³-hybridized carbons (Fsp3) is 0.235. The lowest BCUT2D eigenvalue weighted by molar-refractivity contribution is 0.102. The predicted octanol–water partition coefficient (Wildman–Crippen LogP) is 4.38. The first-order chi connectivity index (χ1) is 9.88. The second-order valence-electron chi connectivity index (χ2n) is 5.33. The van der Waals surface area contributed by atoms with Crippen LogP contribution in [0.4, 0.5) is 11.4 Å². The highest BCUT2D eigenvalue weighted by Gasteiger charge is 2.11. The minimum Gasteiger partial charge on any atom is -0.378 e. The van der Waals surface area contributed by atoms with E-state index in [2.05, 4.69) is 27.3 Å². The quantitative estimate of drug-likeness (QED) is 0.893. The van der Waals surface area contributed by atoms with Gasteiger partial charge in [-0.15, -0.1) is 0 Å². The monoisotopic (exact) mass is 346 g/mol. The molecule has 0 unspecified atom stereocenters. The molecule has 2 aromatic rings. The van der Waals surface area contributed by atoms with Gasteiger partial charge in [-0.25, -0.2) is 0 Å². The van der Waals surface area contributed by atoms with E-state index in [1.807, 2.05) is 63.2 Å². The van der Waals surface area contributed by atoms with E-state index in [1.165, 1.54) is 0 Å². The number of benzene rings is 2. The van der Waals surface area contributed by atoms with Crippen molar-refractivity contribution in [1.82, 2.24) is 0 Å². The summed E-state index contributed by atoms with van der Waals surface area (Å²) in [7, 11) is 3.95. The van der Waals surface area contributed by atoms with Crippen molar-refractivity contribution in [2.75, 3.05) is 24.3 Å². The Bertz CT molecular complexity index is 640. The van der Waals surface area contributed by atoms with E-state index in [0.29, 0.717) is 5.56 Å². The van der Waals surface area contributed by atoms with Crippen LogP contribution < -0.4 is 10.2 Å². The molecule has 3 nitrogen and oxygen atoms in total. The van der Waals surface area contributed by atoms with Crippen molar-refractivity contribution in [2.24, 2.45) is 0 Å². The first-order valence-corrected chi connectivity index (χ1v) is 7.53. The van der Waals surface area contributed by atoms with Gasteiger partial charge in [-0.05, 0) is 71.2 Å². The molecule has 0 fully saturated rings. The summed E-state index contributed by atoms with van der Waals surface area (Å²) in [5, 5.41) is 2.97. The van der Waals surface area contributed by atoms with E-state index in [9.17, 15) is 4.79 Å². The molecule has 0 aliphatic carbocycles. The Morgan fingerprint density at radius 3 is 2.24 bits per heavy atom. The van der Waals surface area contributed by atoms with E-state index < -0.39 is 0 Å². The summed E-state index contributed by atoms with van der Waals surface area (Å²) in [6.45, 7) is 4.02. The van der Waals surface area contributed by atoms with Crippen LogP contribution in [0.5, 0.6) is 0 Å². The van der Waals surface area contributed by atoms with Crippen LogP contribution in [0.3, 0.4) is 0 Å². The fourth-order valence-electron chi connectivity index (χ4n) is 2.17. The van der Waals surface area contributed by atoms with E-state index in [1.54, 1.807) is 0 Å². The van der Waals surface area contributed by atoms with Gasteiger partial charge in [0.2, 0.25) is 0 Å². The lowest BCUT2D eigenvalue weighted by Crippen LogP contribution is -2.14. The second kappa shape index (κ2) is 6.31. The zero-order valence-electron chi connectivity index (χ0n) is 12.7. The molecule has 0 radical (unpaired) electrons. The topological polar surface area (TPSA) is 32.3 Å². The first kappa shape index (κ1) is 15.6.